The zero-order valence-electron chi connectivity index (χ0n) is 23.9. The molecular formula is C32H30ClF2N7O2. The van der Waals surface area contributed by atoms with Gasteiger partial charge in [0.1, 0.15) is 17.3 Å². The summed E-state index contributed by atoms with van der Waals surface area (Å²) in [7, 11) is 1.56. The molecule has 0 saturated carbocycles. The van der Waals surface area contributed by atoms with Gasteiger partial charge in [0.15, 0.2) is 0 Å². The van der Waals surface area contributed by atoms with E-state index in [-0.39, 0.29) is 17.5 Å². The summed E-state index contributed by atoms with van der Waals surface area (Å²) in [5, 5.41) is 6.21. The van der Waals surface area contributed by atoms with Crippen molar-refractivity contribution in [1.82, 2.24) is 20.2 Å². The number of para-hydroxylation sites is 1. The number of rotatable bonds is 5. The number of nitrogens with one attached hydrogen (secondary N) is 2. The van der Waals surface area contributed by atoms with Crippen LogP contribution in [-0.4, -0.2) is 58.9 Å². The number of halogens is 3. The Morgan fingerprint density at radius 2 is 1.70 bits per heavy atom. The van der Waals surface area contributed by atoms with E-state index in [9.17, 15) is 18.4 Å². The lowest BCUT2D eigenvalue weighted by Gasteiger charge is -2.37. The number of likely N-dealkylation sites (tertiary alicyclic amines) is 1. The van der Waals surface area contributed by atoms with Crippen LogP contribution in [0.3, 0.4) is 0 Å². The van der Waals surface area contributed by atoms with Crippen molar-refractivity contribution in [2.45, 2.75) is 24.8 Å². The zero-order valence-corrected chi connectivity index (χ0v) is 24.7. The highest BCUT2D eigenvalue weighted by atomic mass is 35.5. The molecule has 0 bridgehead atoms. The Kier molecular flexibility index (Phi) is 7.91. The van der Waals surface area contributed by atoms with Gasteiger partial charge in [-0.25, -0.2) is 18.7 Å². The minimum absolute atomic E-state index is 0.136. The van der Waals surface area contributed by atoms with Crippen molar-refractivity contribution in [3.05, 3.63) is 94.6 Å². The minimum atomic E-state index is -0.966. The highest BCUT2D eigenvalue weighted by Crippen LogP contribution is 2.42. The second kappa shape index (κ2) is 11.8. The molecule has 6 rings (SSSR count). The molecule has 1 fully saturated rings. The molecule has 0 spiro atoms. The van der Waals surface area contributed by atoms with Gasteiger partial charge in [-0.15, -0.1) is 0 Å². The average Bonchev–Trinajstić information content (AvgIpc) is 3.17. The molecule has 2 amide bonds. The van der Waals surface area contributed by atoms with Gasteiger partial charge in [0.2, 0.25) is 11.9 Å². The minimum Gasteiger partial charge on any atom is -0.358 e. The van der Waals surface area contributed by atoms with Crippen molar-refractivity contribution in [2.75, 3.05) is 36.9 Å². The van der Waals surface area contributed by atoms with Crippen LogP contribution in [0.15, 0.2) is 66.9 Å². The lowest BCUT2D eigenvalue weighted by Crippen LogP contribution is -2.59. The van der Waals surface area contributed by atoms with Crippen LogP contribution in [0.4, 0.5) is 31.8 Å². The Balaban J connectivity index is 1.22. The number of fused-ring (bicyclic) bond motifs is 3. The first kappa shape index (κ1) is 29.5. The third-order valence-corrected chi connectivity index (χ3v) is 8.43. The number of nitrogens with zero attached hydrogens (tertiary/aromatic N) is 4. The van der Waals surface area contributed by atoms with Crippen LogP contribution in [0.2, 0.25) is 5.02 Å². The SMILES string of the molecule is CNC(=O)C1(N)CCN(C(=O)c2ccc(Nc3ncc4c(n3)-c3ccc(Cl)cc3N(c3c(F)cccc3F)CC4)cc2)CC1. The van der Waals surface area contributed by atoms with Crippen LogP contribution in [0.5, 0.6) is 0 Å². The van der Waals surface area contributed by atoms with Gasteiger partial charge >= 0.3 is 0 Å². The van der Waals surface area contributed by atoms with E-state index in [0.717, 1.165) is 5.56 Å². The summed E-state index contributed by atoms with van der Waals surface area (Å²) in [5.74, 6) is -1.38. The van der Waals surface area contributed by atoms with Crippen molar-refractivity contribution in [1.29, 1.82) is 0 Å². The van der Waals surface area contributed by atoms with E-state index in [4.69, 9.17) is 22.3 Å². The number of aromatic nitrogens is 2. The van der Waals surface area contributed by atoms with E-state index in [0.29, 0.717) is 78.1 Å². The number of likely N-dealkylation sites (N-methyl/N-ethyl adjacent to an activating group) is 1. The molecule has 0 aliphatic carbocycles. The van der Waals surface area contributed by atoms with Crippen molar-refractivity contribution in [3.8, 4) is 11.3 Å². The van der Waals surface area contributed by atoms with Crippen LogP contribution < -0.4 is 21.3 Å². The van der Waals surface area contributed by atoms with Gasteiger partial charge in [0, 0.05) is 54.7 Å². The number of hydrogen-bond acceptors (Lipinski definition) is 7. The Labute approximate surface area is 258 Å². The summed E-state index contributed by atoms with van der Waals surface area (Å²) in [6.07, 6.45) is 2.91. The van der Waals surface area contributed by atoms with Gasteiger partial charge in [-0.2, -0.15) is 0 Å². The molecule has 4 N–H and O–H groups in total. The standard InChI is InChI=1S/C32H30ClF2N7O2/c1-37-30(44)32(36)12-15-41(16-13-32)29(43)19-5-8-22(9-6-19)39-31-38-18-20-11-14-42(28-24(34)3-2-4-25(28)35)26-17-21(33)7-10-23(26)27(20)40-31/h2-10,17-18H,11-16,36H2,1H3,(H,37,44)(H,38,39,40). The molecular weight excluding hydrogens is 588 g/mol. The van der Waals surface area contributed by atoms with E-state index < -0.39 is 17.2 Å². The first-order valence-corrected chi connectivity index (χ1v) is 14.6. The fourth-order valence-corrected chi connectivity index (χ4v) is 5.90. The number of hydrogen-bond donors (Lipinski definition) is 3. The molecule has 2 aliphatic heterocycles. The molecule has 3 aromatic carbocycles. The molecule has 1 saturated heterocycles. The molecule has 2 aliphatic rings. The third-order valence-electron chi connectivity index (χ3n) is 8.19. The Morgan fingerprint density at radius 3 is 2.39 bits per heavy atom. The highest BCUT2D eigenvalue weighted by Gasteiger charge is 2.38. The third kappa shape index (κ3) is 5.56. The summed E-state index contributed by atoms with van der Waals surface area (Å²) in [4.78, 5) is 37.8. The van der Waals surface area contributed by atoms with E-state index in [2.05, 4.69) is 15.6 Å². The van der Waals surface area contributed by atoms with Crippen LogP contribution >= 0.6 is 11.6 Å². The second-order valence-corrected chi connectivity index (χ2v) is 11.4. The summed E-state index contributed by atoms with van der Waals surface area (Å²) in [5.41, 5.74) is 8.93. The largest absolute Gasteiger partial charge is 0.358 e. The van der Waals surface area contributed by atoms with E-state index in [1.807, 2.05) is 0 Å². The van der Waals surface area contributed by atoms with Crippen LogP contribution in [0.25, 0.3) is 11.3 Å². The zero-order chi connectivity index (χ0) is 31.0. The van der Waals surface area contributed by atoms with Gasteiger partial charge in [-0.05, 0) is 79.4 Å². The normalized spacial score (nSPS) is 15.6. The maximum absolute atomic E-state index is 14.9. The predicted octanol–water partition coefficient (Wildman–Crippen LogP) is 5.19. The smallest absolute Gasteiger partial charge is 0.253 e. The number of carbonyl (C=O) groups excluding carboxylic acids is 2. The molecule has 12 heteroatoms. The Hall–Kier alpha value is -4.61. The van der Waals surface area contributed by atoms with Gasteiger partial charge in [0.05, 0.1) is 16.9 Å². The first-order chi connectivity index (χ1) is 21.2. The monoisotopic (exact) mass is 617 g/mol. The van der Waals surface area contributed by atoms with Crippen LogP contribution in [0, 0.1) is 11.6 Å². The fourth-order valence-electron chi connectivity index (χ4n) is 5.74. The van der Waals surface area contributed by atoms with Crippen LogP contribution in [-0.2, 0) is 11.2 Å². The quantitative estimate of drug-likeness (QED) is 0.282. The van der Waals surface area contributed by atoms with Gasteiger partial charge in [-0.3, -0.25) is 9.59 Å². The Morgan fingerprint density at radius 1 is 1.00 bits per heavy atom. The summed E-state index contributed by atoms with van der Waals surface area (Å²) >= 11 is 6.34. The molecule has 4 aromatic rings. The summed E-state index contributed by atoms with van der Waals surface area (Å²) < 4.78 is 29.7. The summed E-state index contributed by atoms with van der Waals surface area (Å²) in [6.45, 7) is 1.07. The van der Waals surface area contributed by atoms with E-state index >= 15 is 0 Å². The topological polar surface area (TPSA) is 116 Å². The fraction of sp³-hybridized carbons (Fsp3) is 0.250. The van der Waals surface area contributed by atoms with Gasteiger partial charge in [0.25, 0.3) is 5.91 Å². The molecule has 0 atom stereocenters. The second-order valence-electron chi connectivity index (χ2n) is 10.9. The van der Waals surface area contributed by atoms with Gasteiger partial charge in [-0.1, -0.05) is 17.7 Å². The lowest BCUT2D eigenvalue weighted by molar-refractivity contribution is -0.127. The van der Waals surface area contributed by atoms with Crippen LogP contribution in [0.1, 0.15) is 28.8 Å². The number of carbonyl (C=O) groups is 2. The number of benzene rings is 3. The molecule has 1 aromatic heterocycles. The predicted molar refractivity (Wildman–Crippen MR) is 165 cm³/mol. The maximum Gasteiger partial charge on any atom is 0.253 e. The summed E-state index contributed by atoms with van der Waals surface area (Å²) in [6, 6.07) is 15.9. The van der Waals surface area contributed by atoms with Gasteiger partial charge < -0.3 is 26.2 Å². The van der Waals surface area contributed by atoms with Crippen molar-refractivity contribution < 1.29 is 18.4 Å². The number of piperidine rings is 1. The number of amides is 2. The number of anilines is 4. The lowest BCUT2D eigenvalue weighted by atomic mass is 9.87. The maximum atomic E-state index is 14.9. The molecule has 44 heavy (non-hydrogen) atoms. The molecule has 226 valence electrons. The molecule has 9 nitrogen and oxygen atoms in total. The van der Waals surface area contributed by atoms with Crippen molar-refractivity contribution in [2.24, 2.45) is 5.73 Å². The Bertz CT molecular complexity index is 1720. The molecule has 3 heterocycles. The van der Waals surface area contributed by atoms with E-state index in [1.165, 1.54) is 18.2 Å². The van der Waals surface area contributed by atoms with E-state index in [1.54, 1.807) is 65.5 Å². The average molecular weight is 618 g/mol. The molecule has 0 radical (unpaired) electrons. The number of nitrogens with two attached hydrogens (primary N) is 1. The van der Waals surface area contributed by atoms with Crippen molar-refractivity contribution >= 4 is 46.4 Å². The molecule has 0 unspecified atom stereocenters. The van der Waals surface area contributed by atoms with Crippen molar-refractivity contribution in [3.63, 3.8) is 0 Å². The first-order valence-electron chi connectivity index (χ1n) is 14.2. The highest BCUT2D eigenvalue weighted by molar-refractivity contribution is 6.31.